The first-order valence-electron chi connectivity index (χ1n) is 7.32. The van der Waals surface area contributed by atoms with E-state index >= 15 is 0 Å². The zero-order valence-electron chi connectivity index (χ0n) is 14.5. The van der Waals surface area contributed by atoms with Gasteiger partial charge in [-0.1, -0.05) is 26.0 Å². The van der Waals surface area contributed by atoms with Gasteiger partial charge in [-0.2, -0.15) is 0 Å². The van der Waals surface area contributed by atoms with Gasteiger partial charge in [0.1, 0.15) is 0 Å². The first kappa shape index (κ1) is 20.8. The molecule has 0 saturated carbocycles. The van der Waals surface area contributed by atoms with Crippen LogP contribution in [-0.2, 0) is 9.57 Å². The van der Waals surface area contributed by atoms with E-state index in [1.165, 1.54) is 45.4 Å². The highest BCUT2D eigenvalue weighted by molar-refractivity contribution is 5.95. The molecule has 0 saturated heterocycles. The van der Waals surface area contributed by atoms with E-state index in [0.29, 0.717) is 0 Å². The summed E-state index contributed by atoms with van der Waals surface area (Å²) in [5.41, 5.74) is -1.000. The van der Waals surface area contributed by atoms with Crippen molar-refractivity contribution >= 4 is 11.9 Å². The number of hydrogen-bond acceptors (Lipinski definition) is 6. The van der Waals surface area contributed by atoms with Gasteiger partial charge in [-0.3, -0.25) is 0 Å². The Balaban J connectivity index is 0.00000232. The average molecular weight is 323 g/mol. The van der Waals surface area contributed by atoms with E-state index in [1.54, 1.807) is 19.1 Å². The molecule has 0 amide bonds. The molecular weight excluding hydrogens is 298 g/mol. The molecule has 0 aliphatic heterocycles. The van der Waals surface area contributed by atoms with Crippen LogP contribution in [0, 0.1) is 0 Å². The van der Waals surface area contributed by atoms with Gasteiger partial charge in [0, 0.05) is 7.05 Å². The van der Waals surface area contributed by atoms with Crippen LogP contribution >= 0.6 is 0 Å². The number of nitrogens with zero attached hydrogens (tertiary/aromatic N) is 1. The Labute approximate surface area is 137 Å². The molecule has 0 aromatic heterocycles. The van der Waals surface area contributed by atoms with E-state index in [4.69, 9.17) is 4.84 Å². The molecule has 0 fully saturated rings. The second-order valence-electron chi connectivity index (χ2n) is 4.54. The van der Waals surface area contributed by atoms with E-state index < -0.39 is 17.7 Å². The molecule has 128 valence electrons. The molecule has 1 rings (SSSR count). The largest absolute Gasteiger partial charge is 0.465 e. The predicted octanol–water partition coefficient (Wildman–Crippen LogP) is 2.79. The van der Waals surface area contributed by atoms with E-state index in [1.807, 2.05) is 13.8 Å². The first-order valence-corrected chi connectivity index (χ1v) is 7.32. The quantitative estimate of drug-likeness (QED) is 0.389. The van der Waals surface area contributed by atoms with E-state index in [0.717, 1.165) is 5.06 Å². The summed E-state index contributed by atoms with van der Waals surface area (Å²) < 4.78 is 4.59. The van der Waals surface area contributed by atoms with Crippen LogP contribution in [-0.4, -0.2) is 42.0 Å². The maximum atomic E-state index is 12.0. The van der Waals surface area contributed by atoms with Crippen molar-refractivity contribution in [3.8, 4) is 0 Å². The van der Waals surface area contributed by atoms with Gasteiger partial charge in [-0.15, -0.1) is 5.06 Å². The van der Waals surface area contributed by atoms with Gasteiger partial charge < -0.3 is 14.7 Å². The van der Waals surface area contributed by atoms with Crippen LogP contribution in [0.2, 0.25) is 0 Å². The lowest BCUT2D eigenvalue weighted by molar-refractivity contribution is -0.213. The minimum absolute atomic E-state index is 0.182. The lowest BCUT2D eigenvalue weighted by Crippen LogP contribution is -2.43. The van der Waals surface area contributed by atoms with Crippen LogP contribution in [0.1, 0.15) is 48.4 Å². The SMILES string of the molecule is C/C=C/C(C)(O)N(C)OC(=O)c1cccc(C(=O)OC)c1.CC. The van der Waals surface area contributed by atoms with Crippen molar-refractivity contribution in [2.24, 2.45) is 0 Å². The maximum Gasteiger partial charge on any atom is 0.357 e. The summed E-state index contributed by atoms with van der Waals surface area (Å²) in [7, 11) is 2.69. The zero-order valence-corrected chi connectivity index (χ0v) is 14.5. The third kappa shape index (κ3) is 6.22. The Morgan fingerprint density at radius 3 is 2.22 bits per heavy atom. The standard InChI is InChI=1S/C15H19NO5.C2H6/c1-5-9-15(2,19)16(3)21-14(18)12-8-6-7-11(10-12)13(17)20-4;1-2/h5-10,19H,1-4H3;1-2H3/b9-5+;. The summed E-state index contributed by atoms with van der Waals surface area (Å²) in [4.78, 5) is 28.5. The van der Waals surface area contributed by atoms with E-state index in [2.05, 4.69) is 4.74 Å². The molecule has 6 heteroatoms. The molecule has 0 spiro atoms. The van der Waals surface area contributed by atoms with Crippen molar-refractivity contribution in [1.29, 1.82) is 0 Å². The van der Waals surface area contributed by atoms with Crippen molar-refractivity contribution in [1.82, 2.24) is 5.06 Å². The summed E-state index contributed by atoms with van der Waals surface area (Å²) in [6.07, 6.45) is 3.12. The summed E-state index contributed by atoms with van der Waals surface area (Å²) in [5, 5.41) is 11.1. The van der Waals surface area contributed by atoms with Crippen LogP contribution in [0.3, 0.4) is 0 Å². The highest BCUT2D eigenvalue weighted by Crippen LogP contribution is 2.14. The highest BCUT2D eigenvalue weighted by Gasteiger charge is 2.26. The lowest BCUT2D eigenvalue weighted by atomic mass is 10.1. The Morgan fingerprint density at radius 1 is 1.22 bits per heavy atom. The molecule has 6 nitrogen and oxygen atoms in total. The second-order valence-corrected chi connectivity index (χ2v) is 4.54. The van der Waals surface area contributed by atoms with Crippen LogP contribution < -0.4 is 0 Å². The fraction of sp³-hybridized carbons (Fsp3) is 0.412. The summed E-state index contributed by atoms with van der Waals surface area (Å²) in [5.74, 6) is -1.23. The number of allylic oxidation sites excluding steroid dienone is 1. The van der Waals surface area contributed by atoms with Crippen molar-refractivity contribution in [2.45, 2.75) is 33.4 Å². The number of aliphatic hydroxyl groups is 1. The van der Waals surface area contributed by atoms with Gasteiger partial charge in [-0.25, -0.2) is 9.59 Å². The molecule has 1 aromatic rings. The summed E-state index contributed by atoms with van der Waals surface area (Å²) in [6.45, 7) is 7.22. The average Bonchev–Trinajstić information content (AvgIpc) is 2.55. The van der Waals surface area contributed by atoms with Crippen molar-refractivity contribution in [3.63, 3.8) is 0 Å². The molecule has 0 aliphatic rings. The number of carbonyl (C=O) groups is 2. The number of hydroxylamine groups is 2. The third-order valence-corrected chi connectivity index (χ3v) is 2.86. The number of carbonyl (C=O) groups excluding carboxylic acids is 2. The molecular formula is C17H25NO5. The normalized spacial score (nSPS) is 13.0. The van der Waals surface area contributed by atoms with Crippen LogP contribution in [0.5, 0.6) is 0 Å². The number of benzene rings is 1. The number of methoxy groups -OCH3 is 1. The molecule has 1 unspecified atom stereocenters. The zero-order chi connectivity index (χ0) is 18.0. The Hall–Kier alpha value is -2.18. The fourth-order valence-electron chi connectivity index (χ4n) is 1.58. The highest BCUT2D eigenvalue weighted by atomic mass is 16.7. The molecule has 0 radical (unpaired) electrons. The molecule has 23 heavy (non-hydrogen) atoms. The molecule has 1 aromatic carbocycles. The minimum atomic E-state index is -1.43. The van der Waals surface area contributed by atoms with Crippen LogP contribution in [0.25, 0.3) is 0 Å². The van der Waals surface area contributed by atoms with Gasteiger partial charge >= 0.3 is 11.9 Å². The summed E-state index contributed by atoms with van der Waals surface area (Å²) in [6, 6.07) is 5.95. The lowest BCUT2D eigenvalue weighted by Gasteiger charge is -2.29. The van der Waals surface area contributed by atoms with Crippen molar-refractivity contribution in [2.75, 3.05) is 14.2 Å². The monoisotopic (exact) mass is 323 g/mol. The minimum Gasteiger partial charge on any atom is -0.465 e. The van der Waals surface area contributed by atoms with Gasteiger partial charge in [-0.05, 0) is 38.1 Å². The molecule has 0 heterocycles. The van der Waals surface area contributed by atoms with Gasteiger partial charge in [0.05, 0.1) is 18.2 Å². The Bertz CT molecular complexity index is 552. The topological polar surface area (TPSA) is 76.1 Å². The molecule has 1 atom stereocenters. The molecule has 1 N–H and O–H groups in total. The van der Waals surface area contributed by atoms with Crippen LogP contribution in [0.15, 0.2) is 36.4 Å². The maximum absolute atomic E-state index is 12.0. The number of esters is 1. The number of ether oxygens (including phenoxy) is 1. The van der Waals surface area contributed by atoms with Gasteiger partial charge in [0.2, 0.25) is 0 Å². The predicted molar refractivity (Wildman–Crippen MR) is 87.7 cm³/mol. The smallest absolute Gasteiger partial charge is 0.357 e. The fourth-order valence-corrected chi connectivity index (χ4v) is 1.58. The van der Waals surface area contributed by atoms with Gasteiger partial charge in [0.15, 0.2) is 5.72 Å². The summed E-state index contributed by atoms with van der Waals surface area (Å²) >= 11 is 0. The van der Waals surface area contributed by atoms with Crippen molar-refractivity contribution in [3.05, 3.63) is 47.5 Å². The first-order chi connectivity index (χ1) is 10.8. The number of likely N-dealkylation sites (N-methyl/N-ethyl adjacent to an activating group) is 1. The third-order valence-electron chi connectivity index (χ3n) is 2.86. The van der Waals surface area contributed by atoms with Gasteiger partial charge in [0.25, 0.3) is 0 Å². The van der Waals surface area contributed by atoms with E-state index in [-0.39, 0.29) is 11.1 Å². The molecule has 0 bridgehead atoms. The van der Waals surface area contributed by atoms with E-state index in [9.17, 15) is 14.7 Å². The number of hydrogen-bond donors (Lipinski definition) is 1. The Morgan fingerprint density at radius 2 is 1.74 bits per heavy atom. The van der Waals surface area contributed by atoms with Crippen LogP contribution in [0.4, 0.5) is 0 Å². The number of rotatable bonds is 5. The second kappa shape index (κ2) is 9.76. The Kier molecular flexibility index (Phi) is 8.83. The molecule has 0 aliphatic carbocycles. The van der Waals surface area contributed by atoms with Crippen molar-refractivity contribution < 1.29 is 24.3 Å².